The first kappa shape index (κ1) is 22.3. The van der Waals surface area contributed by atoms with Gasteiger partial charge in [0.1, 0.15) is 24.6 Å². The summed E-state index contributed by atoms with van der Waals surface area (Å²) >= 11 is 0. The van der Waals surface area contributed by atoms with Gasteiger partial charge in [-0.1, -0.05) is 6.92 Å². The summed E-state index contributed by atoms with van der Waals surface area (Å²) in [6.07, 6.45) is -0.108. The van der Waals surface area contributed by atoms with Gasteiger partial charge in [-0.05, 0) is 6.42 Å². The number of aliphatic hydroxyl groups excluding tert-OH is 3. The molecule has 166 valence electrons. The minimum atomic E-state index is -1.22. The Morgan fingerprint density at radius 3 is 2.77 bits per heavy atom. The summed E-state index contributed by atoms with van der Waals surface area (Å²) in [6.45, 7) is 3.29. The number of anilines is 1. The van der Waals surface area contributed by atoms with Crippen LogP contribution in [0.3, 0.4) is 0 Å². The highest BCUT2D eigenvalue weighted by molar-refractivity contribution is 5.82. The predicted octanol–water partition coefficient (Wildman–Crippen LogP) is -1.22. The second-order valence-corrected chi connectivity index (χ2v) is 6.91. The van der Waals surface area contributed by atoms with Gasteiger partial charge in [0, 0.05) is 19.5 Å². The van der Waals surface area contributed by atoms with E-state index in [1.807, 2.05) is 6.92 Å². The van der Waals surface area contributed by atoms with Gasteiger partial charge < -0.3 is 35.4 Å². The highest BCUT2D eigenvalue weighted by Gasteiger charge is 2.44. The zero-order valence-corrected chi connectivity index (χ0v) is 16.8. The Balaban J connectivity index is 1.53. The highest BCUT2D eigenvalue weighted by Crippen LogP contribution is 2.31. The van der Waals surface area contributed by atoms with Gasteiger partial charge >= 0.3 is 0 Å². The van der Waals surface area contributed by atoms with E-state index in [0.29, 0.717) is 49.7 Å². The van der Waals surface area contributed by atoms with Gasteiger partial charge in [0.2, 0.25) is 5.91 Å². The molecule has 1 saturated heterocycles. The van der Waals surface area contributed by atoms with Crippen LogP contribution in [-0.4, -0.2) is 92.0 Å². The van der Waals surface area contributed by atoms with Crippen molar-refractivity contribution in [3.63, 3.8) is 0 Å². The van der Waals surface area contributed by atoms with Gasteiger partial charge in [-0.2, -0.15) is 0 Å². The number of imidazole rings is 1. The van der Waals surface area contributed by atoms with Crippen molar-refractivity contribution in [1.82, 2.24) is 24.8 Å². The molecule has 0 aliphatic carbocycles. The standard InChI is InChI=1S/C18H28N6O6/c1-2-3-12(26)19-4-6-29-7-5-20-16-13-17(22-9-21-16)24(10-23-13)18-15(28)14(27)11(8-25)30-18/h9-11,14-15,18,25,27-28H,2-8H2,1H3,(H,19,26)(H,20,21,22)/t11-,14-,15-,18-/m1/s1. The Kier molecular flexibility index (Phi) is 7.87. The summed E-state index contributed by atoms with van der Waals surface area (Å²) in [6, 6.07) is 0. The summed E-state index contributed by atoms with van der Waals surface area (Å²) in [7, 11) is 0. The fourth-order valence-electron chi connectivity index (χ4n) is 3.20. The maximum Gasteiger partial charge on any atom is 0.220 e. The maximum absolute atomic E-state index is 11.4. The van der Waals surface area contributed by atoms with E-state index in [9.17, 15) is 20.1 Å². The van der Waals surface area contributed by atoms with E-state index < -0.39 is 31.1 Å². The van der Waals surface area contributed by atoms with Gasteiger partial charge in [-0.25, -0.2) is 15.0 Å². The first-order chi connectivity index (χ1) is 14.6. The number of fused-ring (bicyclic) bond motifs is 1. The number of rotatable bonds is 11. The van der Waals surface area contributed by atoms with Crippen molar-refractivity contribution in [2.24, 2.45) is 0 Å². The Labute approximate surface area is 173 Å². The molecule has 0 bridgehead atoms. The van der Waals surface area contributed by atoms with E-state index >= 15 is 0 Å². The summed E-state index contributed by atoms with van der Waals surface area (Å²) in [4.78, 5) is 24.0. The van der Waals surface area contributed by atoms with Crippen LogP contribution in [0.1, 0.15) is 26.0 Å². The summed E-state index contributed by atoms with van der Waals surface area (Å²) in [5.41, 5.74) is 0.893. The van der Waals surface area contributed by atoms with E-state index in [0.717, 1.165) is 6.42 Å². The Hall–Kier alpha value is -2.38. The fourth-order valence-corrected chi connectivity index (χ4v) is 3.20. The molecule has 30 heavy (non-hydrogen) atoms. The van der Waals surface area contributed by atoms with Crippen LogP contribution in [0.4, 0.5) is 5.82 Å². The fraction of sp³-hybridized carbons (Fsp3) is 0.667. The third-order valence-electron chi connectivity index (χ3n) is 4.73. The topological polar surface area (TPSA) is 164 Å². The van der Waals surface area contributed by atoms with Crippen molar-refractivity contribution in [3.05, 3.63) is 12.7 Å². The summed E-state index contributed by atoms with van der Waals surface area (Å²) in [5, 5.41) is 35.4. The molecule has 2 aromatic heterocycles. The molecule has 3 heterocycles. The van der Waals surface area contributed by atoms with E-state index in [1.54, 1.807) is 0 Å². The first-order valence-electron chi connectivity index (χ1n) is 9.95. The number of aliphatic hydroxyl groups is 3. The van der Waals surface area contributed by atoms with Crippen molar-refractivity contribution in [2.75, 3.05) is 38.2 Å². The molecule has 0 saturated carbocycles. The minimum Gasteiger partial charge on any atom is -0.394 e. The molecule has 2 aromatic rings. The molecular weight excluding hydrogens is 396 g/mol. The van der Waals surface area contributed by atoms with E-state index in [2.05, 4.69) is 25.6 Å². The third kappa shape index (κ3) is 5.02. The van der Waals surface area contributed by atoms with Crippen LogP contribution in [0.15, 0.2) is 12.7 Å². The highest BCUT2D eigenvalue weighted by atomic mass is 16.6. The van der Waals surface area contributed by atoms with E-state index in [-0.39, 0.29) is 5.91 Å². The smallest absolute Gasteiger partial charge is 0.220 e. The Bertz CT molecular complexity index is 833. The van der Waals surface area contributed by atoms with Crippen LogP contribution < -0.4 is 10.6 Å². The molecule has 3 rings (SSSR count). The van der Waals surface area contributed by atoms with Crippen molar-refractivity contribution < 1.29 is 29.6 Å². The number of carbonyl (C=O) groups is 1. The lowest BCUT2D eigenvalue weighted by atomic mass is 10.1. The average molecular weight is 424 g/mol. The zero-order chi connectivity index (χ0) is 21.5. The van der Waals surface area contributed by atoms with Crippen LogP contribution in [-0.2, 0) is 14.3 Å². The molecule has 1 aliphatic rings. The molecule has 0 spiro atoms. The molecule has 12 nitrogen and oxygen atoms in total. The average Bonchev–Trinajstić information content (AvgIpc) is 3.29. The quantitative estimate of drug-likeness (QED) is 0.276. The second-order valence-electron chi connectivity index (χ2n) is 6.91. The Morgan fingerprint density at radius 2 is 2.03 bits per heavy atom. The molecule has 0 aromatic carbocycles. The largest absolute Gasteiger partial charge is 0.394 e. The number of nitrogens with zero attached hydrogens (tertiary/aromatic N) is 4. The minimum absolute atomic E-state index is 0.0207. The molecule has 0 radical (unpaired) electrons. The number of amides is 1. The lowest BCUT2D eigenvalue weighted by Crippen LogP contribution is -2.33. The SMILES string of the molecule is CCCC(=O)NCCOCCNc1ncnc2c1ncn2[C@@H]1O[C@H](CO)[C@@H](O)[C@H]1O. The molecule has 5 N–H and O–H groups in total. The predicted molar refractivity (Wildman–Crippen MR) is 106 cm³/mol. The van der Waals surface area contributed by atoms with E-state index in [1.165, 1.54) is 17.2 Å². The van der Waals surface area contributed by atoms with Gasteiger partial charge in [0.25, 0.3) is 0 Å². The maximum atomic E-state index is 11.4. The van der Waals surface area contributed by atoms with Crippen molar-refractivity contribution in [3.8, 4) is 0 Å². The first-order valence-corrected chi connectivity index (χ1v) is 9.95. The number of aromatic nitrogens is 4. The third-order valence-corrected chi connectivity index (χ3v) is 4.73. The molecule has 1 amide bonds. The van der Waals surface area contributed by atoms with Crippen LogP contribution in [0, 0.1) is 0 Å². The van der Waals surface area contributed by atoms with Gasteiger partial charge in [-0.3, -0.25) is 9.36 Å². The van der Waals surface area contributed by atoms with Crippen molar-refractivity contribution in [2.45, 2.75) is 44.3 Å². The van der Waals surface area contributed by atoms with Crippen LogP contribution in [0.25, 0.3) is 11.2 Å². The Morgan fingerprint density at radius 1 is 1.23 bits per heavy atom. The molecule has 1 fully saturated rings. The van der Waals surface area contributed by atoms with Gasteiger partial charge in [0.05, 0.1) is 26.1 Å². The number of hydrogen-bond acceptors (Lipinski definition) is 10. The molecule has 12 heteroatoms. The summed E-state index contributed by atoms with van der Waals surface area (Å²) < 4.78 is 12.5. The van der Waals surface area contributed by atoms with Gasteiger partial charge in [0.15, 0.2) is 23.2 Å². The molecule has 1 aliphatic heterocycles. The van der Waals surface area contributed by atoms with Crippen molar-refractivity contribution >= 4 is 22.9 Å². The summed E-state index contributed by atoms with van der Waals surface area (Å²) in [5.74, 6) is 0.512. The number of nitrogens with one attached hydrogen (secondary N) is 2. The van der Waals surface area contributed by atoms with Crippen LogP contribution in [0.5, 0.6) is 0 Å². The normalized spacial score (nSPS) is 23.7. The number of ether oxygens (including phenoxy) is 2. The van der Waals surface area contributed by atoms with Crippen molar-refractivity contribution in [1.29, 1.82) is 0 Å². The van der Waals surface area contributed by atoms with Crippen LogP contribution in [0.2, 0.25) is 0 Å². The lowest BCUT2D eigenvalue weighted by Gasteiger charge is -2.16. The molecule has 4 atom stereocenters. The molecular formula is C18H28N6O6. The number of hydrogen-bond donors (Lipinski definition) is 5. The second kappa shape index (κ2) is 10.6. The van der Waals surface area contributed by atoms with Crippen LogP contribution >= 0.6 is 0 Å². The molecule has 0 unspecified atom stereocenters. The number of carbonyl (C=O) groups excluding carboxylic acids is 1. The van der Waals surface area contributed by atoms with E-state index in [4.69, 9.17) is 9.47 Å². The zero-order valence-electron chi connectivity index (χ0n) is 16.8. The lowest BCUT2D eigenvalue weighted by molar-refractivity contribution is -0.121. The monoisotopic (exact) mass is 424 g/mol. The van der Waals surface area contributed by atoms with Gasteiger partial charge in [-0.15, -0.1) is 0 Å².